The van der Waals surface area contributed by atoms with Crippen molar-refractivity contribution < 1.29 is 23.6 Å². The third-order valence-electron chi connectivity index (χ3n) is 3.26. The smallest absolute Gasteiger partial charge is 0.396 e. The third kappa shape index (κ3) is 3.86. The van der Waals surface area contributed by atoms with Crippen LogP contribution in [0.5, 0.6) is 5.75 Å². The molecule has 0 aliphatic rings. The predicted molar refractivity (Wildman–Crippen MR) is 86.3 cm³/mol. The Balaban J connectivity index is 1.78. The fraction of sp³-hybridized carbons (Fsp3) is 0.118. The fourth-order valence-electron chi connectivity index (χ4n) is 2.09. The molecule has 0 saturated heterocycles. The minimum absolute atomic E-state index is 0.0804. The molecule has 0 fully saturated rings. The van der Waals surface area contributed by atoms with Crippen LogP contribution in [0.1, 0.15) is 22.8 Å². The Morgan fingerprint density at radius 2 is 1.84 bits per heavy atom. The normalized spacial score (nSPS) is 10.3. The van der Waals surface area contributed by atoms with Crippen molar-refractivity contribution in [3.8, 4) is 11.4 Å². The first-order valence-corrected chi connectivity index (χ1v) is 7.45. The van der Waals surface area contributed by atoms with E-state index in [2.05, 4.69) is 15.7 Å². The van der Waals surface area contributed by atoms with Crippen LogP contribution in [0.3, 0.4) is 0 Å². The summed E-state index contributed by atoms with van der Waals surface area (Å²) in [5, 5.41) is 10.3. The van der Waals surface area contributed by atoms with Gasteiger partial charge in [-0.05, 0) is 19.1 Å². The van der Waals surface area contributed by atoms with Gasteiger partial charge in [-0.1, -0.05) is 29.8 Å². The number of aromatic nitrogens is 3. The monoisotopic (exact) mass is 339 g/mol. The number of ether oxygens (including phenoxy) is 1. The molecule has 0 bridgehead atoms. The van der Waals surface area contributed by atoms with Crippen LogP contribution in [0.2, 0.25) is 0 Å². The molecule has 0 saturated carbocycles. The van der Waals surface area contributed by atoms with Gasteiger partial charge in [-0.2, -0.15) is 0 Å². The van der Waals surface area contributed by atoms with Gasteiger partial charge in [0, 0.05) is 19.1 Å². The molecular weight excluding hydrogens is 324 g/mol. The van der Waals surface area contributed by atoms with E-state index >= 15 is 0 Å². The molecule has 0 aliphatic heterocycles. The van der Waals surface area contributed by atoms with Gasteiger partial charge in [-0.25, -0.2) is 0 Å². The van der Waals surface area contributed by atoms with E-state index in [1.165, 1.54) is 23.9 Å². The van der Waals surface area contributed by atoms with E-state index in [1.54, 1.807) is 12.1 Å². The molecule has 0 unspecified atom stereocenters. The van der Waals surface area contributed by atoms with Crippen molar-refractivity contribution in [2.45, 2.75) is 13.8 Å². The molecule has 0 aliphatic carbocycles. The zero-order valence-electron chi connectivity index (χ0n) is 13.6. The second-order valence-electron chi connectivity index (χ2n) is 5.25. The zero-order chi connectivity index (χ0) is 17.8. The lowest BCUT2D eigenvalue weighted by Crippen LogP contribution is -2.35. The number of esters is 1. The average Bonchev–Trinajstić information content (AvgIpc) is 3.04. The Bertz CT molecular complexity index is 918. The number of nitrogens with one attached hydrogen (secondary N) is 1. The van der Waals surface area contributed by atoms with Crippen LogP contribution in [0.15, 0.2) is 53.1 Å². The highest BCUT2D eigenvalue weighted by atomic mass is 16.5. The molecule has 3 rings (SSSR count). The maximum Gasteiger partial charge on any atom is 0.396 e. The number of amides is 1. The molecule has 126 valence electrons. The van der Waals surface area contributed by atoms with Gasteiger partial charge < -0.3 is 4.74 Å². The van der Waals surface area contributed by atoms with Crippen LogP contribution in [0.4, 0.5) is 6.01 Å². The van der Waals surface area contributed by atoms with Gasteiger partial charge in [-0.3, -0.25) is 19.4 Å². The maximum atomic E-state index is 12.4. The number of para-hydroxylation sites is 1. The molecule has 8 nitrogen and oxygen atoms in total. The van der Waals surface area contributed by atoms with E-state index in [0.29, 0.717) is 5.69 Å². The number of rotatable bonds is 4. The van der Waals surface area contributed by atoms with Crippen molar-refractivity contribution in [1.82, 2.24) is 10.4 Å². The summed E-state index contributed by atoms with van der Waals surface area (Å²) < 4.78 is 10.0. The van der Waals surface area contributed by atoms with Crippen molar-refractivity contribution in [2.75, 3.05) is 5.32 Å². The molecule has 1 N–H and O–H groups in total. The number of aryl methyl sites for hydroxylation is 1. The number of benzene rings is 2. The summed E-state index contributed by atoms with van der Waals surface area (Å²) in [6.07, 6.45) is 0. The van der Waals surface area contributed by atoms with Gasteiger partial charge in [-0.15, -0.1) is 0 Å². The third-order valence-corrected chi connectivity index (χ3v) is 3.26. The summed E-state index contributed by atoms with van der Waals surface area (Å²) in [6, 6.07) is 13.8. The van der Waals surface area contributed by atoms with Crippen LogP contribution in [-0.2, 0) is 4.79 Å². The lowest BCUT2D eigenvalue weighted by Gasteiger charge is -2.06. The topological polar surface area (TPSA) is 98.2 Å². The summed E-state index contributed by atoms with van der Waals surface area (Å²) >= 11 is 0. The van der Waals surface area contributed by atoms with Gasteiger partial charge in [0.2, 0.25) is 5.27 Å². The average molecular weight is 339 g/mol. The first-order chi connectivity index (χ1) is 12.0. The summed E-state index contributed by atoms with van der Waals surface area (Å²) in [5.41, 5.74) is 1.97. The van der Waals surface area contributed by atoms with Crippen molar-refractivity contribution >= 4 is 17.9 Å². The van der Waals surface area contributed by atoms with E-state index in [0.717, 1.165) is 5.56 Å². The van der Waals surface area contributed by atoms with Crippen LogP contribution in [0, 0.1) is 6.92 Å². The molecule has 0 spiro atoms. The highest BCUT2D eigenvalue weighted by Crippen LogP contribution is 2.19. The van der Waals surface area contributed by atoms with E-state index in [4.69, 9.17) is 9.26 Å². The number of hydrogen-bond donors (Lipinski definition) is 1. The van der Waals surface area contributed by atoms with E-state index in [1.807, 2.05) is 31.2 Å². The molecule has 0 atom stereocenters. The molecule has 8 heteroatoms. The van der Waals surface area contributed by atoms with Gasteiger partial charge in [0.25, 0.3) is 11.6 Å². The van der Waals surface area contributed by atoms with Gasteiger partial charge in [0.1, 0.15) is 10.5 Å². The second kappa shape index (κ2) is 6.91. The molecule has 3 aromatic rings. The Morgan fingerprint density at radius 1 is 1.12 bits per heavy atom. The summed E-state index contributed by atoms with van der Waals surface area (Å²) in [4.78, 5) is 24.8. The Kier molecular flexibility index (Phi) is 4.51. The van der Waals surface area contributed by atoms with Crippen LogP contribution >= 0.6 is 0 Å². The number of anilines is 1. The standard InChI is InChI=1S/C17H14N4O4/c1-11-7-9-13(10-8-11)21-19-17(25-20-21)18-16(23)14-5-3-4-6-15(14)24-12(2)22/h3-10H,1-2H3/p+1. The van der Waals surface area contributed by atoms with Crippen LogP contribution in [-0.4, -0.2) is 22.2 Å². The molecule has 1 heterocycles. The van der Waals surface area contributed by atoms with Crippen molar-refractivity contribution in [3.05, 3.63) is 59.7 Å². The van der Waals surface area contributed by atoms with Gasteiger partial charge >= 0.3 is 12.0 Å². The van der Waals surface area contributed by atoms with Crippen molar-refractivity contribution in [3.63, 3.8) is 0 Å². The maximum absolute atomic E-state index is 12.4. The van der Waals surface area contributed by atoms with E-state index in [9.17, 15) is 9.59 Å². The Morgan fingerprint density at radius 3 is 2.56 bits per heavy atom. The fourth-order valence-corrected chi connectivity index (χ4v) is 2.09. The molecule has 2 aromatic carbocycles. The molecule has 1 aromatic heterocycles. The van der Waals surface area contributed by atoms with Gasteiger partial charge in [0.15, 0.2) is 0 Å². The summed E-state index contributed by atoms with van der Waals surface area (Å²) in [7, 11) is 0. The SMILES string of the molecule is CC(=O)Oc1ccccc1C(=O)Nc1n[n+](-c2ccc(C)cc2)no1. The number of carbonyl (C=O) groups excluding carboxylic acids is 2. The Hall–Kier alpha value is -3.55. The molecule has 0 radical (unpaired) electrons. The quantitative estimate of drug-likeness (QED) is 0.442. The predicted octanol–water partition coefficient (Wildman–Crippen LogP) is 1.83. The minimum Gasteiger partial charge on any atom is -0.426 e. The zero-order valence-corrected chi connectivity index (χ0v) is 13.6. The van der Waals surface area contributed by atoms with Crippen molar-refractivity contribution in [1.29, 1.82) is 0 Å². The van der Waals surface area contributed by atoms with Crippen LogP contribution < -0.4 is 14.9 Å². The molecule has 1 amide bonds. The first-order valence-electron chi connectivity index (χ1n) is 7.45. The number of nitrogens with zero attached hydrogens (tertiary/aromatic N) is 3. The van der Waals surface area contributed by atoms with E-state index in [-0.39, 0.29) is 17.3 Å². The number of carbonyl (C=O) groups is 2. The van der Waals surface area contributed by atoms with Crippen molar-refractivity contribution in [2.24, 2.45) is 0 Å². The van der Waals surface area contributed by atoms with Gasteiger partial charge in [0.05, 0.1) is 10.7 Å². The molecular formula is C17H15N4O4+. The highest BCUT2D eigenvalue weighted by molar-refractivity contribution is 6.05. The largest absolute Gasteiger partial charge is 0.426 e. The van der Waals surface area contributed by atoms with E-state index < -0.39 is 11.9 Å². The second-order valence-corrected chi connectivity index (χ2v) is 5.25. The highest BCUT2D eigenvalue weighted by Gasteiger charge is 2.21. The number of hydrogen-bond acceptors (Lipinski definition) is 6. The lowest BCUT2D eigenvalue weighted by atomic mass is 10.2. The Labute approximate surface area is 143 Å². The minimum atomic E-state index is -0.531. The lowest BCUT2D eigenvalue weighted by molar-refractivity contribution is -0.724. The summed E-state index contributed by atoms with van der Waals surface area (Å²) in [5.74, 6) is -0.898. The van der Waals surface area contributed by atoms with Crippen LogP contribution in [0.25, 0.3) is 5.69 Å². The first kappa shape index (κ1) is 16.3. The molecule has 25 heavy (non-hydrogen) atoms. The summed E-state index contributed by atoms with van der Waals surface area (Å²) in [6.45, 7) is 3.23.